The summed E-state index contributed by atoms with van der Waals surface area (Å²) < 4.78 is 27.2. The minimum atomic E-state index is -3.33. The maximum atomic E-state index is 11.7. The van der Waals surface area contributed by atoms with Crippen molar-refractivity contribution < 1.29 is 13.5 Å². The lowest BCUT2D eigenvalue weighted by atomic mass is 9.92. The van der Waals surface area contributed by atoms with Crippen LogP contribution in [0.15, 0.2) is 0 Å². The second-order valence-corrected chi connectivity index (χ2v) is 6.34. The third kappa shape index (κ3) is 2.50. The van der Waals surface area contributed by atoms with Crippen molar-refractivity contribution in [2.45, 2.75) is 44.2 Å². The fourth-order valence-electron chi connectivity index (χ4n) is 1.89. The Morgan fingerprint density at radius 3 is 2.53 bits per heavy atom. The van der Waals surface area contributed by atoms with Crippen LogP contribution in [-0.2, 0) is 10.2 Å². The van der Waals surface area contributed by atoms with E-state index in [0.29, 0.717) is 6.42 Å². The van der Waals surface area contributed by atoms with E-state index in [0.717, 1.165) is 19.3 Å². The van der Waals surface area contributed by atoms with E-state index in [9.17, 15) is 13.5 Å². The Morgan fingerprint density at radius 1 is 1.47 bits per heavy atom. The van der Waals surface area contributed by atoms with Crippen LogP contribution in [0.5, 0.6) is 0 Å². The third-order valence-electron chi connectivity index (χ3n) is 2.89. The summed E-state index contributed by atoms with van der Waals surface area (Å²) in [6, 6.07) is 0.134. The molecule has 0 atom stereocenters. The first-order chi connectivity index (χ1) is 6.95. The molecule has 6 heteroatoms. The van der Waals surface area contributed by atoms with Gasteiger partial charge in [-0.2, -0.15) is 17.4 Å². The number of aliphatic hydroxyl groups is 1. The fourth-order valence-corrected chi connectivity index (χ4v) is 3.52. The Balaban J connectivity index is 1.87. The van der Waals surface area contributed by atoms with Gasteiger partial charge >= 0.3 is 0 Å². The van der Waals surface area contributed by atoms with Crippen LogP contribution in [-0.4, -0.2) is 42.6 Å². The maximum absolute atomic E-state index is 11.7. The first-order valence-corrected chi connectivity index (χ1v) is 6.89. The lowest BCUT2D eigenvalue weighted by Crippen LogP contribution is -2.65. The molecule has 0 radical (unpaired) electrons. The molecule has 1 saturated carbocycles. The van der Waals surface area contributed by atoms with Crippen molar-refractivity contribution in [3.05, 3.63) is 0 Å². The maximum Gasteiger partial charge on any atom is 0.279 e. The van der Waals surface area contributed by atoms with Crippen LogP contribution in [0, 0.1) is 0 Å². The van der Waals surface area contributed by atoms with Crippen LogP contribution < -0.4 is 4.72 Å². The first kappa shape index (κ1) is 11.3. The van der Waals surface area contributed by atoms with Crippen LogP contribution in [0.4, 0.5) is 0 Å². The molecular formula is C9H18N2O3S. The zero-order valence-electron chi connectivity index (χ0n) is 8.94. The summed E-state index contributed by atoms with van der Waals surface area (Å²) in [5, 5.41) is 9.86. The molecule has 2 aliphatic rings. The predicted octanol–water partition coefficient (Wildman–Crippen LogP) is -0.170. The van der Waals surface area contributed by atoms with E-state index >= 15 is 0 Å². The van der Waals surface area contributed by atoms with Gasteiger partial charge in [-0.15, -0.1) is 0 Å². The van der Waals surface area contributed by atoms with Gasteiger partial charge in [0.2, 0.25) is 0 Å². The normalized spacial score (nSPS) is 26.3. The summed E-state index contributed by atoms with van der Waals surface area (Å²) >= 11 is 0. The lowest BCUT2D eigenvalue weighted by Gasteiger charge is -2.45. The molecule has 1 aliphatic carbocycles. The third-order valence-corrected chi connectivity index (χ3v) is 4.46. The number of nitrogens with zero attached hydrogens (tertiary/aromatic N) is 1. The molecule has 15 heavy (non-hydrogen) atoms. The van der Waals surface area contributed by atoms with Crippen molar-refractivity contribution in [1.82, 2.24) is 9.03 Å². The highest BCUT2D eigenvalue weighted by atomic mass is 32.2. The average molecular weight is 234 g/mol. The van der Waals surface area contributed by atoms with Crippen molar-refractivity contribution >= 4 is 10.2 Å². The van der Waals surface area contributed by atoms with Crippen molar-refractivity contribution in [3.63, 3.8) is 0 Å². The van der Waals surface area contributed by atoms with Crippen molar-refractivity contribution in [1.29, 1.82) is 0 Å². The smallest absolute Gasteiger partial charge is 0.279 e. The molecule has 2 N–H and O–H groups in total. The van der Waals surface area contributed by atoms with Crippen LogP contribution in [0.1, 0.15) is 32.6 Å². The van der Waals surface area contributed by atoms with E-state index < -0.39 is 15.8 Å². The number of rotatable bonds is 5. The molecule has 0 spiro atoms. The van der Waals surface area contributed by atoms with Gasteiger partial charge in [0.15, 0.2) is 0 Å². The molecule has 1 saturated heterocycles. The van der Waals surface area contributed by atoms with E-state index in [1.165, 1.54) is 4.31 Å². The van der Waals surface area contributed by atoms with Gasteiger partial charge in [0.1, 0.15) is 0 Å². The molecule has 0 amide bonds. The quantitative estimate of drug-likeness (QED) is 0.694. The largest absolute Gasteiger partial charge is 0.387 e. The molecule has 0 bridgehead atoms. The summed E-state index contributed by atoms with van der Waals surface area (Å²) in [4.78, 5) is 0. The Morgan fingerprint density at radius 2 is 2.07 bits per heavy atom. The van der Waals surface area contributed by atoms with Gasteiger partial charge < -0.3 is 5.11 Å². The van der Waals surface area contributed by atoms with E-state index in [2.05, 4.69) is 4.72 Å². The van der Waals surface area contributed by atoms with E-state index in [1.807, 2.05) is 6.92 Å². The van der Waals surface area contributed by atoms with Gasteiger partial charge in [-0.1, -0.05) is 13.3 Å². The van der Waals surface area contributed by atoms with E-state index in [-0.39, 0.29) is 19.1 Å². The number of β-amino-alcohol motifs (C(OH)–C–C–N with tert-alkyl or cyclic N) is 1. The molecule has 0 aromatic rings. The topological polar surface area (TPSA) is 69.6 Å². The molecule has 0 unspecified atom stereocenters. The van der Waals surface area contributed by atoms with Gasteiger partial charge in [-0.3, -0.25) is 0 Å². The van der Waals surface area contributed by atoms with Crippen LogP contribution in [0.3, 0.4) is 0 Å². The summed E-state index contributed by atoms with van der Waals surface area (Å²) in [7, 11) is -3.33. The highest BCUT2D eigenvalue weighted by Crippen LogP contribution is 2.29. The van der Waals surface area contributed by atoms with Crippen molar-refractivity contribution in [2.75, 3.05) is 13.1 Å². The predicted molar refractivity (Wildman–Crippen MR) is 56.5 cm³/mol. The molecule has 0 aromatic carbocycles. The average Bonchev–Trinajstić information content (AvgIpc) is 2.83. The minimum Gasteiger partial charge on any atom is -0.387 e. The van der Waals surface area contributed by atoms with Crippen LogP contribution in [0.25, 0.3) is 0 Å². The Kier molecular flexibility index (Phi) is 2.79. The molecule has 2 rings (SSSR count). The minimum absolute atomic E-state index is 0.134. The molecule has 1 heterocycles. The highest BCUT2D eigenvalue weighted by Gasteiger charge is 2.47. The number of hydrogen-bond acceptors (Lipinski definition) is 3. The molecule has 5 nitrogen and oxygen atoms in total. The van der Waals surface area contributed by atoms with Crippen molar-refractivity contribution in [3.8, 4) is 0 Å². The summed E-state index contributed by atoms with van der Waals surface area (Å²) in [5.74, 6) is 0. The van der Waals surface area contributed by atoms with Gasteiger partial charge in [0.05, 0.1) is 5.60 Å². The Labute approximate surface area is 90.6 Å². The highest BCUT2D eigenvalue weighted by molar-refractivity contribution is 7.87. The first-order valence-electron chi connectivity index (χ1n) is 5.45. The van der Waals surface area contributed by atoms with Gasteiger partial charge in [0, 0.05) is 19.1 Å². The van der Waals surface area contributed by atoms with Crippen LogP contribution in [0.2, 0.25) is 0 Å². The van der Waals surface area contributed by atoms with E-state index in [1.54, 1.807) is 0 Å². The second kappa shape index (κ2) is 3.69. The molecular weight excluding hydrogens is 216 g/mol. The lowest BCUT2D eigenvalue weighted by molar-refractivity contribution is -0.0658. The number of nitrogens with one attached hydrogen (secondary N) is 1. The summed E-state index contributed by atoms with van der Waals surface area (Å²) in [5.41, 5.74) is -0.785. The second-order valence-electron chi connectivity index (χ2n) is 4.64. The van der Waals surface area contributed by atoms with Gasteiger partial charge in [0.25, 0.3) is 10.2 Å². The van der Waals surface area contributed by atoms with Crippen molar-refractivity contribution in [2.24, 2.45) is 0 Å². The zero-order chi connectivity index (χ0) is 11.1. The fraction of sp³-hybridized carbons (Fsp3) is 1.00. The number of hydrogen-bond donors (Lipinski definition) is 2. The Hall–Kier alpha value is -0.170. The Bertz CT molecular complexity index is 331. The van der Waals surface area contributed by atoms with Gasteiger partial charge in [-0.25, -0.2) is 0 Å². The molecule has 0 aromatic heterocycles. The zero-order valence-corrected chi connectivity index (χ0v) is 9.76. The summed E-state index contributed by atoms with van der Waals surface area (Å²) in [6.45, 7) is 2.46. The van der Waals surface area contributed by atoms with Gasteiger partial charge in [-0.05, 0) is 19.3 Å². The molecule has 2 fully saturated rings. The standard InChI is InChI=1S/C9H18N2O3S/c1-2-5-9(12)6-11(7-9)15(13,14)10-8-3-4-8/h8,10,12H,2-7H2,1H3. The monoisotopic (exact) mass is 234 g/mol. The molecule has 88 valence electrons. The molecule has 1 aliphatic heterocycles. The summed E-state index contributed by atoms with van der Waals surface area (Å²) in [6.07, 6.45) is 3.42. The van der Waals surface area contributed by atoms with E-state index in [4.69, 9.17) is 0 Å². The SMILES string of the molecule is CCCC1(O)CN(S(=O)(=O)NC2CC2)C1. The van der Waals surface area contributed by atoms with Crippen LogP contribution >= 0.6 is 0 Å².